The molecular formula is C17H34N4O. The average molecular weight is 310 g/mol. The van der Waals surface area contributed by atoms with E-state index in [-0.39, 0.29) is 0 Å². The lowest BCUT2D eigenvalue weighted by Crippen LogP contribution is -2.48. The first kappa shape index (κ1) is 17.5. The average Bonchev–Trinajstić information content (AvgIpc) is 3.32. The molecule has 22 heavy (non-hydrogen) atoms. The van der Waals surface area contributed by atoms with E-state index in [0.29, 0.717) is 12.0 Å². The highest BCUT2D eigenvalue weighted by molar-refractivity contribution is 5.79. The van der Waals surface area contributed by atoms with Crippen LogP contribution in [0.25, 0.3) is 0 Å². The number of aliphatic imine (C=N–C) groups is 1. The number of rotatable bonds is 8. The van der Waals surface area contributed by atoms with E-state index in [9.17, 15) is 0 Å². The number of nitrogens with zero attached hydrogens (tertiary/aromatic N) is 2. The van der Waals surface area contributed by atoms with Gasteiger partial charge in [0.1, 0.15) is 0 Å². The van der Waals surface area contributed by atoms with Crippen molar-refractivity contribution >= 4 is 5.96 Å². The maximum Gasteiger partial charge on any atom is 0.191 e. The third kappa shape index (κ3) is 6.13. The summed E-state index contributed by atoms with van der Waals surface area (Å²) in [5.41, 5.74) is 0. The molecule has 1 aliphatic carbocycles. The van der Waals surface area contributed by atoms with Crippen molar-refractivity contribution in [2.24, 2.45) is 16.8 Å². The Kier molecular flexibility index (Phi) is 7.46. The Bertz CT molecular complexity index is 336. The van der Waals surface area contributed by atoms with Gasteiger partial charge in [0.2, 0.25) is 0 Å². The molecule has 0 bridgehead atoms. The van der Waals surface area contributed by atoms with Crippen LogP contribution in [0, 0.1) is 11.8 Å². The Hall–Kier alpha value is -0.810. The Labute approximate surface area is 135 Å². The van der Waals surface area contributed by atoms with Crippen molar-refractivity contribution in [2.45, 2.75) is 46.1 Å². The van der Waals surface area contributed by atoms with Crippen LogP contribution < -0.4 is 10.6 Å². The molecule has 0 spiro atoms. The van der Waals surface area contributed by atoms with E-state index in [1.54, 1.807) is 0 Å². The minimum absolute atomic E-state index is 0.503. The van der Waals surface area contributed by atoms with Gasteiger partial charge in [0.25, 0.3) is 0 Å². The van der Waals surface area contributed by atoms with Gasteiger partial charge in [-0.05, 0) is 25.2 Å². The number of ether oxygens (including phenoxy) is 1. The summed E-state index contributed by atoms with van der Waals surface area (Å²) in [6, 6.07) is 0.503. The van der Waals surface area contributed by atoms with E-state index in [4.69, 9.17) is 9.73 Å². The quantitative estimate of drug-likeness (QED) is 0.529. The number of guanidine groups is 1. The maximum absolute atomic E-state index is 5.47. The largest absolute Gasteiger partial charge is 0.379 e. The lowest BCUT2D eigenvalue weighted by atomic mass is 10.0. The molecule has 2 fully saturated rings. The highest BCUT2D eigenvalue weighted by Gasteiger charge is 2.24. The van der Waals surface area contributed by atoms with Gasteiger partial charge in [-0.15, -0.1) is 0 Å². The van der Waals surface area contributed by atoms with E-state index in [2.05, 4.69) is 36.3 Å². The lowest BCUT2D eigenvalue weighted by Gasteiger charge is -2.36. The van der Waals surface area contributed by atoms with Crippen LogP contribution >= 0.6 is 0 Å². The Morgan fingerprint density at radius 3 is 2.55 bits per heavy atom. The Balaban J connectivity index is 1.83. The molecule has 1 heterocycles. The molecule has 2 aliphatic rings. The van der Waals surface area contributed by atoms with Crippen LogP contribution in [0.3, 0.4) is 0 Å². The van der Waals surface area contributed by atoms with Crippen LogP contribution in [-0.4, -0.2) is 62.8 Å². The standard InChI is InChI=1S/C17H34N4O/c1-4-18-17(19-8-7-15-5-6-15)20-13-16(14(2)3)21-9-11-22-12-10-21/h14-16H,4-13H2,1-3H3,(H2,18,19,20). The van der Waals surface area contributed by atoms with E-state index >= 15 is 0 Å². The second-order valence-corrected chi connectivity index (χ2v) is 6.84. The lowest BCUT2D eigenvalue weighted by molar-refractivity contribution is 0.00867. The van der Waals surface area contributed by atoms with Gasteiger partial charge in [-0.1, -0.05) is 26.7 Å². The number of hydrogen-bond donors (Lipinski definition) is 2. The van der Waals surface area contributed by atoms with Crippen molar-refractivity contribution < 1.29 is 4.74 Å². The summed E-state index contributed by atoms with van der Waals surface area (Å²) >= 11 is 0. The normalized spacial score (nSPS) is 21.9. The molecular weight excluding hydrogens is 276 g/mol. The molecule has 0 radical (unpaired) electrons. The van der Waals surface area contributed by atoms with E-state index in [1.807, 2.05) is 0 Å². The first-order chi connectivity index (χ1) is 10.7. The minimum atomic E-state index is 0.503. The van der Waals surface area contributed by atoms with E-state index in [0.717, 1.165) is 57.8 Å². The molecule has 2 rings (SSSR count). The van der Waals surface area contributed by atoms with Gasteiger partial charge in [-0.25, -0.2) is 0 Å². The zero-order chi connectivity index (χ0) is 15.8. The molecule has 0 aromatic rings. The summed E-state index contributed by atoms with van der Waals surface area (Å²) < 4.78 is 5.47. The smallest absolute Gasteiger partial charge is 0.191 e. The van der Waals surface area contributed by atoms with Crippen LogP contribution in [0.5, 0.6) is 0 Å². The van der Waals surface area contributed by atoms with Crippen molar-refractivity contribution in [1.29, 1.82) is 0 Å². The van der Waals surface area contributed by atoms with Gasteiger partial charge in [-0.3, -0.25) is 9.89 Å². The van der Waals surface area contributed by atoms with Crippen molar-refractivity contribution in [1.82, 2.24) is 15.5 Å². The topological polar surface area (TPSA) is 48.9 Å². The maximum atomic E-state index is 5.47. The third-order valence-electron chi connectivity index (χ3n) is 4.61. The minimum Gasteiger partial charge on any atom is -0.379 e. The second-order valence-electron chi connectivity index (χ2n) is 6.84. The van der Waals surface area contributed by atoms with E-state index in [1.165, 1.54) is 19.3 Å². The predicted molar refractivity (Wildman–Crippen MR) is 92.3 cm³/mol. The van der Waals surface area contributed by atoms with Crippen LogP contribution in [0.1, 0.15) is 40.0 Å². The van der Waals surface area contributed by atoms with E-state index < -0.39 is 0 Å². The fourth-order valence-corrected chi connectivity index (χ4v) is 2.98. The number of nitrogens with one attached hydrogen (secondary N) is 2. The molecule has 1 saturated heterocycles. The van der Waals surface area contributed by atoms with Crippen molar-refractivity contribution in [3.8, 4) is 0 Å². The molecule has 0 aromatic carbocycles. The zero-order valence-electron chi connectivity index (χ0n) is 14.6. The fraction of sp³-hybridized carbons (Fsp3) is 0.941. The monoisotopic (exact) mass is 310 g/mol. The van der Waals surface area contributed by atoms with Gasteiger partial charge in [-0.2, -0.15) is 0 Å². The highest BCUT2D eigenvalue weighted by Crippen LogP contribution is 2.31. The number of morpholine rings is 1. The Morgan fingerprint density at radius 2 is 1.95 bits per heavy atom. The summed E-state index contributed by atoms with van der Waals surface area (Å²) in [6.45, 7) is 13.3. The van der Waals surface area contributed by atoms with Gasteiger partial charge in [0, 0.05) is 32.2 Å². The molecule has 128 valence electrons. The van der Waals surface area contributed by atoms with Crippen LogP contribution in [-0.2, 0) is 4.74 Å². The van der Waals surface area contributed by atoms with Crippen LogP contribution in [0.4, 0.5) is 0 Å². The van der Waals surface area contributed by atoms with Crippen molar-refractivity contribution in [3.05, 3.63) is 0 Å². The first-order valence-electron chi connectivity index (χ1n) is 9.04. The second kappa shape index (κ2) is 9.36. The highest BCUT2D eigenvalue weighted by atomic mass is 16.5. The van der Waals surface area contributed by atoms with Crippen molar-refractivity contribution in [3.63, 3.8) is 0 Å². The van der Waals surface area contributed by atoms with Gasteiger partial charge in [0.15, 0.2) is 5.96 Å². The fourth-order valence-electron chi connectivity index (χ4n) is 2.98. The molecule has 2 N–H and O–H groups in total. The third-order valence-corrected chi connectivity index (χ3v) is 4.61. The first-order valence-corrected chi connectivity index (χ1v) is 9.04. The Morgan fingerprint density at radius 1 is 1.23 bits per heavy atom. The van der Waals surface area contributed by atoms with Crippen LogP contribution in [0.2, 0.25) is 0 Å². The molecule has 1 unspecified atom stereocenters. The molecule has 1 atom stereocenters. The molecule has 1 aliphatic heterocycles. The summed E-state index contributed by atoms with van der Waals surface area (Å²) in [4.78, 5) is 7.37. The summed E-state index contributed by atoms with van der Waals surface area (Å²) in [6.07, 6.45) is 4.12. The zero-order valence-corrected chi connectivity index (χ0v) is 14.6. The summed E-state index contributed by atoms with van der Waals surface area (Å²) in [5.74, 6) is 2.55. The van der Waals surface area contributed by atoms with Crippen molar-refractivity contribution in [2.75, 3.05) is 45.9 Å². The summed E-state index contributed by atoms with van der Waals surface area (Å²) in [5, 5.41) is 6.85. The number of hydrogen-bond acceptors (Lipinski definition) is 3. The van der Waals surface area contributed by atoms with Gasteiger partial charge >= 0.3 is 0 Å². The molecule has 1 saturated carbocycles. The van der Waals surface area contributed by atoms with Crippen LogP contribution in [0.15, 0.2) is 4.99 Å². The SMILES string of the molecule is CCNC(=NCC(C(C)C)N1CCOCC1)NCCC1CC1. The molecule has 0 aromatic heterocycles. The molecule has 5 heteroatoms. The van der Waals surface area contributed by atoms with Gasteiger partial charge in [0.05, 0.1) is 19.8 Å². The van der Waals surface area contributed by atoms with Gasteiger partial charge < -0.3 is 15.4 Å². The molecule has 0 amide bonds. The summed E-state index contributed by atoms with van der Waals surface area (Å²) in [7, 11) is 0. The molecule has 5 nitrogen and oxygen atoms in total. The predicted octanol–water partition coefficient (Wildman–Crippen LogP) is 1.70.